The van der Waals surface area contributed by atoms with E-state index in [2.05, 4.69) is 13.8 Å². The summed E-state index contributed by atoms with van der Waals surface area (Å²) in [7, 11) is 4.81. The van der Waals surface area contributed by atoms with Crippen LogP contribution >= 0.6 is 0 Å². The van der Waals surface area contributed by atoms with Crippen LogP contribution in [0.15, 0.2) is 36.4 Å². The number of methoxy groups -OCH3 is 3. The molecule has 3 rings (SSSR count). The summed E-state index contributed by atoms with van der Waals surface area (Å²) in [6.45, 7) is 4.39. The van der Waals surface area contributed by atoms with Crippen molar-refractivity contribution in [2.24, 2.45) is 11.8 Å². The van der Waals surface area contributed by atoms with Crippen molar-refractivity contribution in [1.82, 2.24) is 0 Å². The molecule has 2 aromatic rings. The number of benzene rings is 2. The van der Waals surface area contributed by atoms with E-state index >= 15 is 0 Å². The number of phenols is 1. The number of hydrogen-bond acceptors (Lipinski definition) is 5. The molecule has 1 N–H and O–H groups in total. The molecule has 5 heteroatoms. The van der Waals surface area contributed by atoms with Crippen molar-refractivity contribution in [3.63, 3.8) is 0 Å². The fraction of sp³-hybridized carbons (Fsp3) is 0.429. The van der Waals surface area contributed by atoms with Crippen LogP contribution in [-0.4, -0.2) is 26.4 Å². The molecule has 0 saturated carbocycles. The Morgan fingerprint density at radius 2 is 1.23 bits per heavy atom. The minimum absolute atomic E-state index is 0.0467. The zero-order chi connectivity index (χ0) is 18.8. The number of phenolic OH excluding ortho intramolecular Hbond substituents is 1. The van der Waals surface area contributed by atoms with Crippen LogP contribution in [0.5, 0.6) is 23.0 Å². The summed E-state index contributed by atoms with van der Waals surface area (Å²) in [5, 5.41) is 9.84. The Morgan fingerprint density at radius 3 is 1.77 bits per heavy atom. The van der Waals surface area contributed by atoms with Crippen LogP contribution in [0.25, 0.3) is 0 Å². The monoisotopic (exact) mass is 358 g/mol. The maximum atomic E-state index is 9.84. The van der Waals surface area contributed by atoms with E-state index in [9.17, 15) is 5.11 Å². The lowest BCUT2D eigenvalue weighted by Crippen LogP contribution is -2.10. The van der Waals surface area contributed by atoms with Crippen LogP contribution in [0.3, 0.4) is 0 Å². The highest BCUT2D eigenvalue weighted by molar-refractivity contribution is 5.45. The Morgan fingerprint density at radius 1 is 0.731 bits per heavy atom. The molecule has 0 spiro atoms. The van der Waals surface area contributed by atoms with E-state index in [4.69, 9.17) is 18.9 Å². The third-order valence-corrected chi connectivity index (χ3v) is 5.35. The van der Waals surface area contributed by atoms with Gasteiger partial charge in [-0.15, -0.1) is 0 Å². The molecule has 2 aromatic carbocycles. The predicted octanol–water partition coefficient (Wildman–Crippen LogP) is 4.50. The van der Waals surface area contributed by atoms with Gasteiger partial charge >= 0.3 is 0 Å². The predicted molar refractivity (Wildman–Crippen MR) is 99.1 cm³/mol. The van der Waals surface area contributed by atoms with Gasteiger partial charge in [-0.25, -0.2) is 0 Å². The minimum atomic E-state index is -0.0717. The first-order valence-corrected chi connectivity index (χ1v) is 8.74. The van der Waals surface area contributed by atoms with Gasteiger partial charge in [0.1, 0.15) is 0 Å². The molecule has 2 unspecified atom stereocenters. The molecule has 140 valence electrons. The highest BCUT2D eigenvalue weighted by atomic mass is 16.5. The summed E-state index contributed by atoms with van der Waals surface area (Å²) in [4.78, 5) is 0. The highest BCUT2D eigenvalue weighted by Gasteiger charge is 2.41. The molecule has 4 atom stereocenters. The van der Waals surface area contributed by atoms with E-state index in [-0.39, 0.29) is 18.0 Å². The SMILES string of the molecule is COc1cc(C2OC(c3ccc(OC)c(OC)c3)[C@H](C)[C@@H]2C)ccc1O. The summed E-state index contributed by atoms with van der Waals surface area (Å²) < 4.78 is 22.4. The second kappa shape index (κ2) is 7.46. The van der Waals surface area contributed by atoms with Crippen molar-refractivity contribution in [3.05, 3.63) is 47.5 Å². The van der Waals surface area contributed by atoms with E-state index in [0.717, 1.165) is 11.1 Å². The van der Waals surface area contributed by atoms with Crippen LogP contribution in [0.2, 0.25) is 0 Å². The summed E-state index contributed by atoms with van der Waals surface area (Å²) in [5.41, 5.74) is 2.07. The van der Waals surface area contributed by atoms with Crippen molar-refractivity contribution in [1.29, 1.82) is 0 Å². The molecule has 0 aromatic heterocycles. The Labute approximate surface area is 154 Å². The van der Waals surface area contributed by atoms with E-state index < -0.39 is 0 Å². The van der Waals surface area contributed by atoms with Gasteiger partial charge in [0.15, 0.2) is 23.0 Å². The van der Waals surface area contributed by atoms with Crippen molar-refractivity contribution < 1.29 is 24.1 Å². The molecule has 1 aliphatic heterocycles. The Hall–Kier alpha value is -2.40. The Balaban J connectivity index is 1.90. The van der Waals surface area contributed by atoms with E-state index in [0.29, 0.717) is 29.1 Å². The molecule has 5 nitrogen and oxygen atoms in total. The molecule has 26 heavy (non-hydrogen) atoms. The Kier molecular flexibility index (Phi) is 5.28. The van der Waals surface area contributed by atoms with Crippen molar-refractivity contribution >= 4 is 0 Å². The summed E-state index contributed by atoms with van der Waals surface area (Å²) in [6.07, 6.45) is -0.118. The third-order valence-electron chi connectivity index (χ3n) is 5.35. The third kappa shape index (κ3) is 3.19. The molecule has 0 amide bonds. The Bertz CT molecular complexity index is 773. The van der Waals surface area contributed by atoms with Gasteiger partial charge in [-0.3, -0.25) is 0 Å². The molecular weight excluding hydrogens is 332 g/mol. The van der Waals surface area contributed by atoms with E-state index in [1.54, 1.807) is 27.4 Å². The van der Waals surface area contributed by atoms with E-state index in [1.807, 2.05) is 30.3 Å². The van der Waals surface area contributed by atoms with Crippen LogP contribution in [0.1, 0.15) is 37.2 Å². The van der Waals surface area contributed by atoms with Gasteiger partial charge in [0.2, 0.25) is 0 Å². The smallest absolute Gasteiger partial charge is 0.161 e. The van der Waals surface area contributed by atoms with Crippen molar-refractivity contribution in [2.45, 2.75) is 26.1 Å². The number of aromatic hydroxyl groups is 1. The topological polar surface area (TPSA) is 57.2 Å². The van der Waals surface area contributed by atoms with Crippen LogP contribution in [0, 0.1) is 11.8 Å². The molecule has 1 heterocycles. The van der Waals surface area contributed by atoms with Crippen LogP contribution in [-0.2, 0) is 4.74 Å². The lowest BCUT2D eigenvalue weighted by atomic mass is 9.85. The summed E-state index contributed by atoms with van der Waals surface area (Å²) in [6, 6.07) is 11.3. The molecule has 0 radical (unpaired) electrons. The number of rotatable bonds is 5. The first kappa shape index (κ1) is 18.4. The number of ether oxygens (including phenoxy) is 4. The molecule has 1 saturated heterocycles. The van der Waals surface area contributed by atoms with Gasteiger partial charge < -0.3 is 24.1 Å². The lowest BCUT2D eigenvalue weighted by Gasteiger charge is -2.18. The quantitative estimate of drug-likeness (QED) is 0.853. The highest BCUT2D eigenvalue weighted by Crippen LogP contribution is 2.50. The largest absolute Gasteiger partial charge is 0.504 e. The van der Waals surface area contributed by atoms with E-state index in [1.165, 1.54) is 0 Å². The maximum absolute atomic E-state index is 9.84. The van der Waals surface area contributed by atoms with Gasteiger partial charge in [0.05, 0.1) is 33.5 Å². The van der Waals surface area contributed by atoms with Crippen LogP contribution in [0.4, 0.5) is 0 Å². The minimum Gasteiger partial charge on any atom is -0.504 e. The second-order valence-corrected chi connectivity index (χ2v) is 6.74. The van der Waals surface area contributed by atoms with Gasteiger partial charge in [0, 0.05) is 0 Å². The first-order chi connectivity index (χ1) is 12.5. The van der Waals surface area contributed by atoms with Gasteiger partial charge in [-0.1, -0.05) is 26.0 Å². The summed E-state index contributed by atoms with van der Waals surface area (Å²) in [5.74, 6) is 2.62. The standard InChI is InChI=1S/C21H26O5/c1-12-13(2)21(15-7-9-17(23-3)19(11-15)25-5)26-20(12)14-6-8-16(22)18(10-14)24-4/h6-13,20-22H,1-5H3/t12-,13+,20?,21?/m0/s1. The molecule has 1 fully saturated rings. The zero-order valence-corrected chi connectivity index (χ0v) is 15.9. The fourth-order valence-corrected chi connectivity index (χ4v) is 3.62. The molecule has 0 bridgehead atoms. The van der Waals surface area contributed by atoms with Crippen molar-refractivity contribution in [3.8, 4) is 23.0 Å². The fourth-order valence-electron chi connectivity index (χ4n) is 3.62. The summed E-state index contributed by atoms with van der Waals surface area (Å²) >= 11 is 0. The first-order valence-electron chi connectivity index (χ1n) is 8.74. The maximum Gasteiger partial charge on any atom is 0.161 e. The molecule has 0 aliphatic carbocycles. The second-order valence-electron chi connectivity index (χ2n) is 6.74. The lowest BCUT2D eigenvalue weighted by molar-refractivity contribution is 0.0288. The van der Waals surface area contributed by atoms with Crippen LogP contribution < -0.4 is 14.2 Å². The average molecular weight is 358 g/mol. The molecule has 1 aliphatic rings. The van der Waals surface area contributed by atoms with Gasteiger partial charge in [-0.05, 0) is 47.2 Å². The zero-order valence-electron chi connectivity index (χ0n) is 15.9. The normalized spacial score (nSPS) is 25.1. The van der Waals surface area contributed by atoms with Crippen molar-refractivity contribution in [2.75, 3.05) is 21.3 Å². The molecular formula is C21H26O5. The van der Waals surface area contributed by atoms with Gasteiger partial charge in [-0.2, -0.15) is 0 Å². The average Bonchev–Trinajstić information content (AvgIpc) is 2.96. The van der Waals surface area contributed by atoms with Gasteiger partial charge in [0.25, 0.3) is 0 Å². The number of hydrogen-bond donors (Lipinski definition) is 1.